The maximum Gasteiger partial charge on any atom is 0.363 e. The van der Waals surface area contributed by atoms with E-state index in [9.17, 15) is 23.7 Å². The summed E-state index contributed by atoms with van der Waals surface area (Å²) in [4.78, 5) is 29.4. The standard InChI is InChI=1S/C23H23F2N5O3/c24-19-9-18-22-17(21(19)25)4-2-8-29(22)12-14(23(18)31)10-26-15-3-1-7-28(13-15)16-5-6-20(27-11-16)30(32)33/h5-6,9,11-12,15,26H,1-4,7-8,10,13H2. The van der Waals surface area contributed by atoms with Crippen LogP contribution in [0.2, 0.25) is 0 Å². The second-order valence-electron chi connectivity index (χ2n) is 8.63. The lowest BCUT2D eigenvalue weighted by Gasteiger charge is -2.34. The molecule has 1 fully saturated rings. The molecular weight excluding hydrogens is 432 g/mol. The molecule has 0 aliphatic carbocycles. The molecule has 0 saturated carbocycles. The van der Waals surface area contributed by atoms with Gasteiger partial charge in [0.1, 0.15) is 0 Å². The van der Waals surface area contributed by atoms with E-state index in [2.05, 4.69) is 15.2 Å². The van der Waals surface area contributed by atoms with Gasteiger partial charge in [0.2, 0.25) is 0 Å². The smallest absolute Gasteiger partial charge is 0.363 e. The molecule has 2 aliphatic heterocycles. The number of nitrogens with zero attached hydrogens (tertiary/aromatic N) is 4. The minimum absolute atomic E-state index is 0.103. The third-order valence-electron chi connectivity index (χ3n) is 6.53. The first-order chi connectivity index (χ1) is 15.9. The quantitative estimate of drug-likeness (QED) is 0.469. The van der Waals surface area contributed by atoms with Gasteiger partial charge in [-0.2, -0.15) is 0 Å². The van der Waals surface area contributed by atoms with Gasteiger partial charge in [-0.15, -0.1) is 0 Å². The van der Waals surface area contributed by atoms with Crippen LogP contribution in [0.4, 0.5) is 20.3 Å². The van der Waals surface area contributed by atoms with Crippen molar-refractivity contribution in [3.63, 3.8) is 0 Å². The van der Waals surface area contributed by atoms with E-state index < -0.39 is 16.6 Å². The van der Waals surface area contributed by atoms with Crippen molar-refractivity contribution in [1.82, 2.24) is 14.9 Å². The maximum absolute atomic E-state index is 14.3. The Bertz CT molecular complexity index is 1290. The maximum atomic E-state index is 14.3. The molecule has 1 saturated heterocycles. The summed E-state index contributed by atoms with van der Waals surface area (Å²) in [7, 11) is 0. The summed E-state index contributed by atoms with van der Waals surface area (Å²) < 4.78 is 30.3. The van der Waals surface area contributed by atoms with Gasteiger partial charge in [-0.1, -0.05) is 0 Å². The Labute approximate surface area is 188 Å². The Kier molecular flexibility index (Phi) is 5.53. The number of pyridine rings is 2. The molecule has 10 heteroatoms. The van der Waals surface area contributed by atoms with Gasteiger partial charge in [0, 0.05) is 61.0 Å². The van der Waals surface area contributed by atoms with Gasteiger partial charge in [-0.25, -0.2) is 8.78 Å². The van der Waals surface area contributed by atoms with Crippen LogP contribution >= 0.6 is 0 Å². The molecule has 3 aromatic rings. The molecule has 172 valence electrons. The average Bonchev–Trinajstić information content (AvgIpc) is 2.83. The predicted molar refractivity (Wildman–Crippen MR) is 119 cm³/mol. The summed E-state index contributed by atoms with van der Waals surface area (Å²) in [5.41, 5.74) is 1.85. The molecule has 33 heavy (non-hydrogen) atoms. The molecule has 1 aromatic carbocycles. The molecule has 1 N–H and O–H groups in total. The summed E-state index contributed by atoms with van der Waals surface area (Å²) in [6.07, 6.45) is 6.23. The molecule has 4 heterocycles. The number of hydrogen-bond acceptors (Lipinski definition) is 6. The van der Waals surface area contributed by atoms with Crippen LogP contribution in [0.3, 0.4) is 0 Å². The Morgan fingerprint density at radius 1 is 1.24 bits per heavy atom. The minimum Gasteiger partial charge on any atom is -0.367 e. The fraction of sp³-hybridized carbons (Fsp3) is 0.391. The first-order valence-corrected chi connectivity index (χ1v) is 11.0. The van der Waals surface area contributed by atoms with Crippen molar-refractivity contribution in [2.45, 2.75) is 44.8 Å². The van der Waals surface area contributed by atoms with Crippen molar-refractivity contribution in [3.8, 4) is 0 Å². The average molecular weight is 455 g/mol. The Balaban J connectivity index is 1.34. The number of anilines is 1. The zero-order valence-corrected chi connectivity index (χ0v) is 17.9. The van der Waals surface area contributed by atoms with E-state index in [-0.39, 0.29) is 28.2 Å². The molecule has 1 atom stereocenters. The van der Waals surface area contributed by atoms with E-state index in [0.717, 1.165) is 31.1 Å². The van der Waals surface area contributed by atoms with Crippen LogP contribution in [0.5, 0.6) is 0 Å². The van der Waals surface area contributed by atoms with Crippen LogP contribution in [-0.4, -0.2) is 33.6 Å². The van der Waals surface area contributed by atoms with Gasteiger partial charge < -0.3 is 24.9 Å². The number of hydrogen-bond donors (Lipinski definition) is 1. The Morgan fingerprint density at radius 2 is 2.09 bits per heavy atom. The number of halogens is 2. The van der Waals surface area contributed by atoms with Gasteiger partial charge in [0.25, 0.3) is 0 Å². The summed E-state index contributed by atoms with van der Waals surface area (Å²) in [5.74, 6) is -2.03. The number of rotatable bonds is 5. The first kappa shape index (κ1) is 21.4. The highest BCUT2D eigenvalue weighted by molar-refractivity contribution is 5.83. The van der Waals surface area contributed by atoms with Crippen molar-refractivity contribution in [2.75, 3.05) is 18.0 Å². The topological polar surface area (TPSA) is 93.3 Å². The lowest BCUT2D eigenvalue weighted by atomic mass is 9.98. The Hall–Kier alpha value is -3.40. The van der Waals surface area contributed by atoms with E-state index in [1.54, 1.807) is 12.3 Å². The first-order valence-electron chi connectivity index (χ1n) is 11.0. The second-order valence-corrected chi connectivity index (χ2v) is 8.63. The molecule has 5 rings (SSSR count). The summed E-state index contributed by atoms with van der Waals surface area (Å²) in [6, 6.07) is 4.21. The van der Waals surface area contributed by atoms with Gasteiger partial charge in [0.05, 0.1) is 11.2 Å². The number of aromatic nitrogens is 2. The summed E-state index contributed by atoms with van der Waals surface area (Å²) in [6.45, 7) is 2.46. The van der Waals surface area contributed by atoms with E-state index >= 15 is 0 Å². The highest BCUT2D eigenvalue weighted by Crippen LogP contribution is 2.28. The summed E-state index contributed by atoms with van der Waals surface area (Å²) in [5, 5.41) is 14.5. The van der Waals surface area contributed by atoms with Crippen LogP contribution < -0.4 is 15.6 Å². The molecule has 0 spiro atoms. The predicted octanol–water partition coefficient (Wildman–Crippen LogP) is 3.29. The molecule has 2 aromatic heterocycles. The zero-order chi connectivity index (χ0) is 23.1. The number of nitrogens with one attached hydrogen (secondary N) is 1. The van der Waals surface area contributed by atoms with Crippen LogP contribution in [-0.2, 0) is 19.5 Å². The van der Waals surface area contributed by atoms with Crippen LogP contribution in [0.15, 0.2) is 35.4 Å². The van der Waals surface area contributed by atoms with Crippen molar-refractivity contribution in [1.29, 1.82) is 0 Å². The number of piperidine rings is 1. The van der Waals surface area contributed by atoms with Crippen LogP contribution in [0.1, 0.15) is 30.4 Å². The van der Waals surface area contributed by atoms with Crippen molar-refractivity contribution < 1.29 is 13.7 Å². The lowest BCUT2D eigenvalue weighted by molar-refractivity contribution is -0.389. The van der Waals surface area contributed by atoms with E-state index in [4.69, 9.17) is 0 Å². The SMILES string of the molecule is O=c1c(CNC2CCCN(c3ccc([N+](=O)[O-])nc3)C2)cn2c3c(c(F)c(F)cc13)CCC2. The number of aryl methyl sites for hydroxylation is 2. The fourth-order valence-electron chi connectivity index (χ4n) is 4.92. The van der Waals surface area contributed by atoms with E-state index in [1.807, 2.05) is 4.57 Å². The van der Waals surface area contributed by atoms with Gasteiger partial charge in [-0.3, -0.25) is 4.79 Å². The molecule has 0 amide bonds. The lowest BCUT2D eigenvalue weighted by Crippen LogP contribution is -2.46. The third kappa shape index (κ3) is 3.95. The van der Waals surface area contributed by atoms with Crippen LogP contribution in [0, 0.1) is 21.7 Å². The number of nitro groups is 1. The molecule has 2 aliphatic rings. The molecule has 1 unspecified atom stereocenters. The summed E-state index contributed by atoms with van der Waals surface area (Å²) >= 11 is 0. The highest BCUT2D eigenvalue weighted by Gasteiger charge is 2.24. The van der Waals surface area contributed by atoms with Gasteiger partial charge in [0.15, 0.2) is 23.3 Å². The molecule has 0 bridgehead atoms. The van der Waals surface area contributed by atoms with Crippen molar-refractivity contribution >= 4 is 22.4 Å². The van der Waals surface area contributed by atoms with Gasteiger partial charge >= 0.3 is 5.82 Å². The fourth-order valence-corrected chi connectivity index (χ4v) is 4.92. The van der Waals surface area contributed by atoms with Gasteiger partial charge in [-0.05, 0) is 47.7 Å². The third-order valence-corrected chi connectivity index (χ3v) is 6.53. The molecule has 0 radical (unpaired) electrons. The minimum atomic E-state index is -0.979. The zero-order valence-electron chi connectivity index (χ0n) is 17.9. The van der Waals surface area contributed by atoms with Crippen molar-refractivity contribution in [2.24, 2.45) is 0 Å². The normalized spacial score (nSPS) is 18.0. The monoisotopic (exact) mass is 455 g/mol. The van der Waals surface area contributed by atoms with E-state index in [0.29, 0.717) is 43.6 Å². The highest BCUT2D eigenvalue weighted by atomic mass is 19.2. The molecular formula is C23H23F2N5O3. The second kappa shape index (κ2) is 8.51. The van der Waals surface area contributed by atoms with E-state index in [1.165, 1.54) is 12.3 Å². The largest absolute Gasteiger partial charge is 0.367 e. The van der Waals surface area contributed by atoms with Crippen molar-refractivity contribution in [3.05, 3.63) is 73.7 Å². The Morgan fingerprint density at radius 3 is 2.85 bits per heavy atom. The number of benzene rings is 1. The molecule has 8 nitrogen and oxygen atoms in total. The van der Waals surface area contributed by atoms with Crippen LogP contribution in [0.25, 0.3) is 10.9 Å².